The van der Waals surface area contributed by atoms with Crippen molar-refractivity contribution in [3.63, 3.8) is 0 Å². The fourth-order valence-corrected chi connectivity index (χ4v) is 3.94. The molecule has 0 saturated heterocycles. The average molecular weight is 321 g/mol. The molecule has 0 saturated carbocycles. The highest BCUT2D eigenvalue weighted by Crippen LogP contribution is 2.41. The van der Waals surface area contributed by atoms with Crippen LogP contribution in [0.5, 0.6) is 0 Å². The van der Waals surface area contributed by atoms with Crippen LogP contribution in [0.25, 0.3) is 0 Å². The SMILES string of the molecule is Cc1nn(C)cc1[C@@H]1SCC(=O)Nc2c1c(=O)[nH]n2C(C)C. The van der Waals surface area contributed by atoms with E-state index >= 15 is 0 Å². The molecule has 2 aromatic heterocycles. The Morgan fingerprint density at radius 2 is 2.14 bits per heavy atom. The first-order chi connectivity index (χ1) is 10.4. The van der Waals surface area contributed by atoms with Crippen LogP contribution in [0.15, 0.2) is 11.0 Å². The zero-order valence-corrected chi connectivity index (χ0v) is 13.8. The summed E-state index contributed by atoms with van der Waals surface area (Å²) in [6, 6.07) is 0.0514. The number of aromatic amines is 1. The summed E-state index contributed by atoms with van der Waals surface area (Å²) in [7, 11) is 1.85. The van der Waals surface area contributed by atoms with Gasteiger partial charge >= 0.3 is 0 Å². The van der Waals surface area contributed by atoms with Crippen molar-refractivity contribution in [2.24, 2.45) is 7.05 Å². The lowest BCUT2D eigenvalue weighted by molar-refractivity contribution is -0.113. The number of fused-ring (bicyclic) bond motifs is 1. The third-order valence-electron chi connectivity index (χ3n) is 3.71. The molecule has 1 atom stereocenters. The number of nitrogens with zero attached hydrogens (tertiary/aromatic N) is 3. The third-order valence-corrected chi connectivity index (χ3v) is 4.97. The van der Waals surface area contributed by atoms with Gasteiger partial charge in [0.2, 0.25) is 5.91 Å². The fraction of sp³-hybridized carbons (Fsp3) is 0.500. The van der Waals surface area contributed by atoms with Gasteiger partial charge in [0.1, 0.15) is 5.82 Å². The standard InChI is InChI=1S/C14H19N5O2S/c1-7(2)19-13-11(14(21)17-19)12(22-6-10(20)15-13)9-5-18(4)16-8(9)3/h5,7,12H,6H2,1-4H3,(H,15,20)(H,17,21)/t12-/m0/s1. The summed E-state index contributed by atoms with van der Waals surface area (Å²) < 4.78 is 3.46. The van der Waals surface area contributed by atoms with E-state index in [0.29, 0.717) is 17.1 Å². The number of H-pyrrole nitrogens is 1. The Labute approximate surface area is 132 Å². The minimum absolute atomic E-state index is 0.0514. The highest BCUT2D eigenvalue weighted by atomic mass is 32.2. The van der Waals surface area contributed by atoms with Crippen molar-refractivity contribution in [2.45, 2.75) is 32.1 Å². The van der Waals surface area contributed by atoms with Gasteiger partial charge in [0.25, 0.3) is 5.56 Å². The lowest BCUT2D eigenvalue weighted by Crippen LogP contribution is -2.17. The van der Waals surface area contributed by atoms with Crippen molar-refractivity contribution < 1.29 is 4.79 Å². The van der Waals surface area contributed by atoms with Crippen molar-refractivity contribution >= 4 is 23.5 Å². The van der Waals surface area contributed by atoms with Crippen LogP contribution in [-0.2, 0) is 11.8 Å². The molecular formula is C14H19N5O2S. The number of rotatable bonds is 2. The maximum atomic E-state index is 12.5. The van der Waals surface area contributed by atoms with Gasteiger partial charge in [-0.3, -0.25) is 24.1 Å². The van der Waals surface area contributed by atoms with Gasteiger partial charge in [-0.15, -0.1) is 11.8 Å². The molecule has 0 fully saturated rings. The molecule has 2 aromatic rings. The number of carbonyl (C=O) groups excluding carboxylic acids is 1. The predicted molar refractivity (Wildman–Crippen MR) is 86.3 cm³/mol. The summed E-state index contributed by atoms with van der Waals surface area (Å²) in [5, 5.41) is 9.86. The molecule has 3 heterocycles. The Hall–Kier alpha value is -1.96. The minimum Gasteiger partial charge on any atom is -0.310 e. The van der Waals surface area contributed by atoms with Crippen LogP contribution in [0.1, 0.15) is 42.0 Å². The summed E-state index contributed by atoms with van der Waals surface area (Å²) in [5.74, 6) is 0.789. The maximum absolute atomic E-state index is 12.5. The first kappa shape index (κ1) is 15.0. The number of hydrogen-bond acceptors (Lipinski definition) is 4. The molecule has 0 radical (unpaired) electrons. The molecule has 3 rings (SSSR count). The second-order valence-electron chi connectivity index (χ2n) is 5.75. The van der Waals surface area contributed by atoms with Crippen molar-refractivity contribution in [2.75, 3.05) is 11.1 Å². The van der Waals surface area contributed by atoms with Crippen molar-refractivity contribution in [3.05, 3.63) is 33.4 Å². The number of aromatic nitrogens is 4. The number of carbonyl (C=O) groups is 1. The normalized spacial score (nSPS) is 18.2. The van der Waals surface area contributed by atoms with Crippen LogP contribution >= 0.6 is 11.8 Å². The van der Waals surface area contributed by atoms with Crippen LogP contribution < -0.4 is 10.9 Å². The van der Waals surface area contributed by atoms with E-state index in [1.165, 1.54) is 11.8 Å². The molecule has 0 aliphatic carbocycles. The van der Waals surface area contributed by atoms with Gasteiger partial charge < -0.3 is 5.32 Å². The molecule has 0 aromatic carbocycles. The molecule has 22 heavy (non-hydrogen) atoms. The lowest BCUT2D eigenvalue weighted by atomic mass is 10.1. The largest absolute Gasteiger partial charge is 0.310 e. The summed E-state index contributed by atoms with van der Waals surface area (Å²) in [5.41, 5.74) is 2.28. The molecule has 0 spiro atoms. The van der Waals surface area contributed by atoms with E-state index in [9.17, 15) is 9.59 Å². The summed E-state index contributed by atoms with van der Waals surface area (Å²) in [4.78, 5) is 24.5. The van der Waals surface area contributed by atoms with E-state index in [4.69, 9.17) is 0 Å². The molecule has 1 amide bonds. The van der Waals surface area contributed by atoms with Crippen LogP contribution in [0.4, 0.5) is 5.82 Å². The Balaban J connectivity index is 2.21. The topological polar surface area (TPSA) is 84.7 Å². The Morgan fingerprint density at radius 1 is 1.41 bits per heavy atom. The van der Waals surface area contributed by atoms with Gasteiger partial charge in [0, 0.05) is 24.8 Å². The van der Waals surface area contributed by atoms with Crippen LogP contribution in [-0.4, -0.2) is 31.2 Å². The van der Waals surface area contributed by atoms with Crippen LogP contribution in [0.3, 0.4) is 0 Å². The van der Waals surface area contributed by atoms with Gasteiger partial charge in [-0.1, -0.05) is 0 Å². The van der Waals surface area contributed by atoms with Gasteiger partial charge in [-0.25, -0.2) is 0 Å². The summed E-state index contributed by atoms with van der Waals surface area (Å²) in [6.45, 7) is 5.85. The molecule has 8 heteroatoms. The van der Waals surface area contributed by atoms with E-state index in [-0.39, 0.29) is 22.8 Å². The molecule has 0 unspecified atom stereocenters. The highest BCUT2D eigenvalue weighted by Gasteiger charge is 2.32. The van der Waals surface area contributed by atoms with Crippen molar-refractivity contribution in [3.8, 4) is 0 Å². The number of thioether (sulfide) groups is 1. The van der Waals surface area contributed by atoms with Gasteiger partial charge in [-0.2, -0.15) is 5.10 Å². The average Bonchev–Trinajstić information content (AvgIpc) is 2.86. The quantitative estimate of drug-likeness (QED) is 0.879. The summed E-state index contributed by atoms with van der Waals surface area (Å²) in [6.07, 6.45) is 1.92. The van der Waals surface area contributed by atoms with Crippen molar-refractivity contribution in [1.29, 1.82) is 0 Å². The molecule has 1 aliphatic heterocycles. The zero-order valence-electron chi connectivity index (χ0n) is 13.0. The Morgan fingerprint density at radius 3 is 2.73 bits per heavy atom. The number of nitrogens with one attached hydrogen (secondary N) is 2. The number of aryl methyl sites for hydroxylation is 2. The van der Waals surface area contributed by atoms with Gasteiger partial charge in [0.15, 0.2) is 0 Å². The maximum Gasteiger partial charge on any atom is 0.270 e. The molecule has 0 bridgehead atoms. The van der Waals surface area contributed by atoms with E-state index in [0.717, 1.165) is 11.3 Å². The monoisotopic (exact) mass is 321 g/mol. The number of amides is 1. The molecule has 118 valence electrons. The fourth-order valence-electron chi connectivity index (χ4n) is 2.75. The third kappa shape index (κ3) is 2.37. The lowest BCUT2D eigenvalue weighted by Gasteiger charge is -2.14. The van der Waals surface area contributed by atoms with Crippen molar-refractivity contribution in [1.82, 2.24) is 19.6 Å². The molecule has 1 aliphatic rings. The second kappa shape index (κ2) is 5.35. The van der Waals surface area contributed by atoms with Gasteiger partial charge in [0.05, 0.1) is 22.3 Å². The van der Waals surface area contributed by atoms with E-state index < -0.39 is 0 Å². The van der Waals surface area contributed by atoms with E-state index in [2.05, 4.69) is 15.5 Å². The Kier molecular flexibility index (Phi) is 3.64. The van der Waals surface area contributed by atoms with Gasteiger partial charge in [-0.05, 0) is 20.8 Å². The van der Waals surface area contributed by atoms with Crippen LogP contribution in [0, 0.1) is 6.92 Å². The van der Waals surface area contributed by atoms with E-state index in [1.807, 2.05) is 34.0 Å². The highest BCUT2D eigenvalue weighted by molar-refractivity contribution is 8.00. The first-order valence-corrected chi connectivity index (χ1v) is 8.19. The zero-order chi connectivity index (χ0) is 16.0. The second-order valence-corrected chi connectivity index (χ2v) is 6.84. The summed E-state index contributed by atoms with van der Waals surface area (Å²) >= 11 is 1.46. The Bertz CT molecular complexity index is 786. The molecule has 7 nitrogen and oxygen atoms in total. The predicted octanol–water partition coefficient (Wildman–Crippen LogP) is 1.57. The molecule has 2 N–H and O–H groups in total. The first-order valence-electron chi connectivity index (χ1n) is 7.14. The molecular weight excluding hydrogens is 302 g/mol. The van der Waals surface area contributed by atoms with Crippen LogP contribution in [0.2, 0.25) is 0 Å². The number of anilines is 1. The minimum atomic E-state index is -0.202. The number of hydrogen-bond donors (Lipinski definition) is 2. The smallest absolute Gasteiger partial charge is 0.270 e. The van der Waals surface area contributed by atoms with E-state index in [1.54, 1.807) is 9.36 Å².